The topological polar surface area (TPSA) is 87.9 Å². The van der Waals surface area contributed by atoms with Gasteiger partial charge < -0.3 is 20.7 Å². The van der Waals surface area contributed by atoms with Crippen LogP contribution in [0.25, 0.3) is 10.8 Å². The van der Waals surface area contributed by atoms with Gasteiger partial charge in [0.1, 0.15) is 5.75 Å². The van der Waals surface area contributed by atoms with E-state index in [2.05, 4.69) is 33.1 Å². The Morgan fingerprint density at radius 1 is 1.00 bits per heavy atom. The molecule has 2 amide bonds. The first kappa shape index (κ1) is 34.4. The Balaban J connectivity index is 0.00000506. The molecule has 0 heterocycles. The molecule has 8 heteroatoms. The maximum absolute atomic E-state index is 13.0. The molecule has 0 radical (unpaired) electrons. The molecule has 0 aromatic heterocycles. The molecule has 3 N–H and O–H groups in total. The molecule has 1 aliphatic carbocycles. The number of nitrogens with two attached hydrogens (primary N) is 1. The molecule has 43 heavy (non-hydrogen) atoms. The molecule has 0 aliphatic heterocycles. The highest BCUT2D eigenvalue weighted by Gasteiger charge is 2.22. The van der Waals surface area contributed by atoms with Crippen molar-refractivity contribution in [1.29, 1.82) is 0 Å². The van der Waals surface area contributed by atoms with Crippen molar-refractivity contribution in [1.82, 2.24) is 10.2 Å². The number of methoxy groups -OCH3 is 1. The number of nitrogen functional groups attached to an aromatic ring is 1. The van der Waals surface area contributed by atoms with E-state index in [1.807, 2.05) is 53.4 Å². The number of nitrogens with one attached hydrogen (secondary N) is 1. The van der Waals surface area contributed by atoms with E-state index in [1.54, 1.807) is 14.0 Å². The number of fused-ring (bicyclic) bond motifs is 1. The minimum absolute atomic E-state index is 0. The molecule has 4 rings (SSSR count). The normalized spacial score (nSPS) is 13.5. The number of rotatable bonds is 13. The van der Waals surface area contributed by atoms with E-state index in [0.29, 0.717) is 30.4 Å². The fraction of sp³-hybridized carbons (Fsp3) is 0.486. The Labute approximate surface area is 266 Å². The van der Waals surface area contributed by atoms with Crippen LogP contribution >= 0.6 is 15.9 Å². The minimum Gasteiger partial charge on any atom is -0.497 e. The van der Waals surface area contributed by atoms with Gasteiger partial charge in [0.2, 0.25) is 5.91 Å². The number of carbonyl (C=O) groups excluding carboxylic acids is 2. The summed E-state index contributed by atoms with van der Waals surface area (Å²) in [7, 11) is 1.66. The van der Waals surface area contributed by atoms with Gasteiger partial charge in [0.05, 0.1) is 12.8 Å². The van der Waals surface area contributed by atoms with E-state index in [9.17, 15) is 9.59 Å². The Bertz CT molecular complexity index is 1370. The second-order valence-electron chi connectivity index (χ2n) is 11.3. The third kappa shape index (κ3) is 9.19. The SMILES string of the molecule is C.CCN(Cc1cc(C(=O)NCCCCCN(C(C)=O)c2ccc3cc(OC)ccc3c2)cc(Br)c1N)C1CCCCC1. The van der Waals surface area contributed by atoms with Crippen LogP contribution in [0, 0.1) is 0 Å². The zero-order chi connectivity index (χ0) is 30.1. The van der Waals surface area contributed by atoms with E-state index in [1.165, 1.54) is 32.1 Å². The van der Waals surface area contributed by atoms with Crippen LogP contribution in [0.5, 0.6) is 5.75 Å². The van der Waals surface area contributed by atoms with Gasteiger partial charge in [-0.05, 0) is 107 Å². The fourth-order valence-electron chi connectivity index (χ4n) is 5.95. The molecule has 1 saturated carbocycles. The lowest BCUT2D eigenvalue weighted by Gasteiger charge is -2.34. The Hall–Kier alpha value is -3.10. The van der Waals surface area contributed by atoms with Crippen LogP contribution in [-0.4, -0.2) is 49.5 Å². The van der Waals surface area contributed by atoms with Crippen LogP contribution in [-0.2, 0) is 11.3 Å². The standard InChI is InChI=1S/C34H45BrN4O3.CH4/c1-4-38(29-11-7-5-8-12-29)23-28-19-27(22-32(35)33(28)36)34(41)37-17-9-6-10-18-39(24(2)40)30-15-13-26-21-31(42-3)16-14-25(26)20-30;/h13-16,19-22,29H,4-12,17-18,23,36H2,1-3H3,(H,37,41);1H4. The summed E-state index contributed by atoms with van der Waals surface area (Å²) in [5, 5.41) is 5.21. The molecule has 1 fully saturated rings. The summed E-state index contributed by atoms with van der Waals surface area (Å²) in [6, 6.07) is 16.3. The third-order valence-electron chi connectivity index (χ3n) is 8.41. The van der Waals surface area contributed by atoms with Gasteiger partial charge in [0.25, 0.3) is 5.91 Å². The number of hydrogen-bond donors (Lipinski definition) is 2. The molecule has 0 unspecified atom stereocenters. The number of amides is 2. The van der Waals surface area contributed by atoms with Crippen molar-refractivity contribution in [2.75, 3.05) is 37.4 Å². The van der Waals surface area contributed by atoms with E-state index in [-0.39, 0.29) is 19.2 Å². The highest BCUT2D eigenvalue weighted by molar-refractivity contribution is 9.10. The van der Waals surface area contributed by atoms with Gasteiger partial charge in [-0.1, -0.05) is 45.7 Å². The third-order valence-corrected chi connectivity index (χ3v) is 9.07. The lowest BCUT2D eigenvalue weighted by Crippen LogP contribution is -2.36. The van der Waals surface area contributed by atoms with Gasteiger partial charge in [-0.15, -0.1) is 0 Å². The van der Waals surface area contributed by atoms with Gasteiger partial charge in [-0.2, -0.15) is 0 Å². The zero-order valence-electron chi connectivity index (χ0n) is 25.3. The number of anilines is 2. The van der Waals surface area contributed by atoms with Crippen molar-refractivity contribution in [3.63, 3.8) is 0 Å². The molecule has 3 aromatic carbocycles. The van der Waals surface area contributed by atoms with Gasteiger partial charge >= 0.3 is 0 Å². The lowest BCUT2D eigenvalue weighted by molar-refractivity contribution is -0.116. The average molecular weight is 654 g/mol. The summed E-state index contributed by atoms with van der Waals surface area (Å²) >= 11 is 3.58. The van der Waals surface area contributed by atoms with Crippen LogP contribution in [0.2, 0.25) is 0 Å². The minimum atomic E-state index is -0.0872. The number of carbonyl (C=O) groups is 2. The zero-order valence-corrected chi connectivity index (χ0v) is 26.8. The van der Waals surface area contributed by atoms with E-state index < -0.39 is 0 Å². The quantitative estimate of drug-likeness (QED) is 0.145. The Morgan fingerprint density at radius 3 is 2.42 bits per heavy atom. The summed E-state index contributed by atoms with van der Waals surface area (Å²) in [6.07, 6.45) is 8.95. The molecule has 0 saturated heterocycles. The van der Waals surface area contributed by atoms with Crippen molar-refractivity contribution < 1.29 is 14.3 Å². The first-order valence-corrected chi connectivity index (χ1v) is 16.1. The first-order chi connectivity index (χ1) is 20.3. The highest BCUT2D eigenvalue weighted by Crippen LogP contribution is 2.30. The van der Waals surface area contributed by atoms with Gasteiger partial charge in [-0.3, -0.25) is 14.5 Å². The van der Waals surface area contributed by atoms with Crippen LogP contribution < -0.4 is 20.7 Å². The van der Waals surface area contributed by atoms with Crippen molar-refractivity contribution in [2.45, 2.75) is 85.2 Å². The van der Waals surface area contributed by atoms with Crippen LogP contribution in [0.3, 0.4) is 0 Å². The van der Waals surface area contributed by atoms with Gasteiger partial charge in [0.15, 0.2) is 0 Å². The molecule has 1 aliphatic rings. The number of hydrogen-bond acceptors (Lipinski definition) is 5. The summed E-state index contributed by atoms with van der Waals surface area (Å²) in [5.74, 6) is 0.745. The van der Waals surface area contributed by atoms with Crippen LogP contribution in [0.15, 0.2) is 53.0 Å². The summed E-state index contributed by atoms with van der Waals surface area (Å²) in [4.78, 5) is 29.8. The molecule has 0 atom stereocenters. The van der Waals surface area contributed by atoms with Crippen molar-refractivity contribution in [3.8, 4) is 5.75 Å². The number of benzene rings is 3. The highest BCUT2D eigenvalue weighted by atomic mass is 79.9. The molecule has 7 nitrogen and oxygen atoms in total. The number of halogens is 1. The van der Waals surface area contributed by atoms with E-state index in [0.717, 1.165) is 64.6 Å². The lowest BCUT2D eigenvalue weighted by atomic mass is 9.93. The summed E-state index contributed by atoms with van der Waals surface area (Å²) < 4.78 is 6.08. The number of ether oxygens (including phenoxy) is 1. The molecular formula is C35H49BrN4O3. The van der Waals surface area contributed by atoms with Crippen molar-refractivity contribution >= 4 is 49.9 Å². The maximum atomic E-state index is 13.0. The smallest absolute Gasteiger partial charge is 0.251 e. The van der Waals surface area contributed by atoms with Crippen molar-refractivity contribution in [3.05, 3.63) is 64.1 Å². The predicted molar refractivity (Wildman–Crippen MR) is 183 cm³/mol. The van der Waals surface area contributed by atoms with Gasteiger partial charge in [-0.25, -0.2) is 0 Å². The second-order valence-corrected chi connectivity index (χ2v) is 12.1. The largest absolute Gasteiger partial charge is 0.497 e. The Kier molecular flexibility index (Phi) is 13.3. The molecule has 0 bridgehead atoms. The fourth-order valence-corrected chi connectivity index (χ4v) is 6.45. The van der Waals surface area contributed by atoms with E-state index >= 15 is 0 Å². The predicted octanol–water partition coefficient (Wildman–Crippen LogP) is 7.94. The number of nitrogens with zero attached hydrogens (tertiary/aromatic N) is 2. The molecule has 0 spiro atoms. The first-order valence-electron chi connectivity index (χ1n) is 15.3. The summed E-state index contributed by atoms with van der Waals surface area (Å²) in [5.41, 5.74) is 9.66. The molecule has 234 valence electrons. The van der Waals surface area contributed by atoms with Gasteiger partial charge in [0, 0.05) is 48.3 Å². The maximum Gasteiger partial charge on any atom is 0.251 e. The second kappa shape index (κ2) is 16.7. The van der Waals surface area contributed by atoms with Crippen LogP contribution in [0.4, 0.5) is 11.4 Å². The Morgan fingerprint density at radius 2 is 1.72 bits per heavy atom. The molecular weight excluding hydrogens is 604 g/mol. The average Bonchev–Trinajstić information content (AvgIpc) is 3.00. The monoisotopic (exact) mass is 652 g/mol. The molecule has 3 aromatic rings. The van der Waals surface area contributed by atoms with Crippen molar-refractivity contribution in [2.24, 2.45) is 0 Å². The summed E-state index contributed by atoms with van der Waals surface area (Å²) in [6.45, 7) is 6.74. The van der Waals surface area contributed by atoms with E-state index in [4.69, 9.17) is 10.5 Å². The number of unbranched alkanes of at least 4 members (excludes halogenated alkanes) is 2. The van der Waals surface area contributed by atoms with Crippen LogP contribution in [0.1, 0.15) is 88.6 Å².